The van der Waals surface area contributed by atoms with Crippen LogP contribution >= 0.6 is 0 Å². The number of nitrogens with zero attached hydrogens (tertiary/aromatic N) is 4. The van der Waals surface area contributed by atoms with Gasteiger partial charge in [0.2, 0.25) is 10.0 Å². The van der Waals surface area contributed by atoms with Crippen LogP contribution in [0, 0.1) is 12.7 Å². The third kappa shape index (κ3) is 4.55. The lowest BCUT2D eigenvalue weighted by atomic mass is 10.0. The zero-order valence-electron chi connectivity index (χ0n) is 17.8. The van der Waals surface area contributed by atoms with Crippen molar-refractivity contribution in [1.29, 1.82) is 0 Å². The molecule has 2 atom stereocenters. The van der Waals surface area contributed by atoms with E-state index in [9.17, 15) is 12.8 Å². The largest absolute Gasteiger partial charge is 0.253 e. The van der Waals surface area contributed by atoms with Gasteiger partial charge in [-0.25, -0.2) is 17.8 Å². The summed E-state index contributed by atoms with van der Waals surface area (Å²) in [5.41, 5.74) is 1.84. The molecule has 0 spiro atoms. The molecular weight excluding hydrogens is 415 g/mol. The lowest BCUT2D eigenvalue weighted by Gasteiger charge is -2.30. The molecule has 0 radical (unpaired) electrons. The van der Waals surface area contributed by atoms with Crippen molar-refractivity contribution in [3.63, 3.8) is 0 Å². The average Bonchev–Trinajstić information content (AvgIpc) is 3.36. The van der Waals surface area contributed by atoms with Gasteiger partial charge in [0.1, 0.15) is 18.0 Å². The van der Waals surface area contributed by atoms with Crippen molar-refractivity contribution in [3.8, 4) is 0 Å². The molecule has 1 aliphatic rings. The van der Waals surface area contributed by atoms with E-state index in [1.54, 1.807) is 33.3 Å². The highest BCUT2D eigenvalue weighted by Gasteiger charge is 2.42. The van der Waals surface area contributed by atoms with E-state index in [2.05, 4.69) is 10.1 Å². The molecule has 3 aromatic rings. The molecule has 0 N–H and O–H groups in total. The van der Waals surface area contributed by atoms with Crippen LogP contribution in [0.2, 0.25) is 0 Å². The van der Waals surface area contributed by atoms with Crippen LogP contribution in [0.1, 0.15) is 48.7 Å². The van der Waals surface area contributed by atoms with Gasteiger partial charge in [-0.1, -0.05) is 29.8 Å². The number of hydrogen-bond acceptors (Lipinski definition) is 4. The Kier molecular flexibility index (Phi) is 6.20. The van der Waals surface area contributed by atoms with Crippen molar-refractivity contribution in [2.45, 2.75) is 56.0 Å². The predicted molar refractivity (Wildman–Crippen MR) is 116 cm³/mol. The van der Waals surface area contributed by atoms with Crippen LogP contribution in [-0.2, 0) is 23.5 Å². The Morgan fingerprint density at radius 1 is 1.06 bits per heavy atom. The minimum absolute atomic E-state index is 0.116. The van der Waals surface area contributed by atoms with Gasteiger partial charge in [-0.3, -0.25) is 4.68 Å². The summed E-state index contributed by atoms with van der Waals surface area (Å²) in [7, 11) is -1.84. The number of hydrogen-bond donors (Lipinski definition) is 0. The van der Waals surface area contributed by atoms with Crippen LogP contribution in [0.5, 0.6) is 0 Å². The molecule has 4 rings (SSSR count). The lowest BCUT2D eigenvalue weighted by molar-refractivity contribution is 0.308. The first-order valence-corrected chi connectivity index (χ1v) is 12.0. The molecule has 1 aromatic heterocycles. The fourth-order valence-electron chi connectivity index (χ4n) is 4.37. The molecule has 2 heterocycles. The van der Waals surface area contributed by atoms with Crippen LogP contribution in [0.15, 0.2) is 59.8 Å². The van der Waals surface area contributed by atoms with Gasteiger partial charge in [0.05, 0.1) is 10.9 Å². The maximum atomic E-state index is 13.7. The molecule has 164 valence electrons. The van der Waals surface area contributed by atoms with Crippen molar-refractivity contribution in [1.82, 2.24) is 19.1 Å². The zero-order valence-corrected chi connectivity index (χ0v) is 18.6. The highest BCUT2D eigenvalue weighted by atomic mass is 32.2. The zero-order chi connectivity index (χ0) is 22.0. The first-order chi connectivity index (χ1) is 14.9. The van der Waals surface area contributed by atoms with Gasteiger partial charge in [0.25, 0.3) is 0 Å². The highest BCUT2D eigenvalue weighted by Crippen LogP contribution is 2.42. The van der Waals surface area contributed by atoms with E-state index in [4.69, 9.17) is 0 Å². The molecule has 0 unspecified atom stereocenters. The Morgan fingerprint density at radius 2 is 1.77 bits per heavy atom. The Bertz CT molecular complexity index is 1130. The van der Waals surface area contributed by atoms with Gasteiger partial charge < -0.3 is 0 Å². The Hall–Kier alpha value is -2.58. The molecule has 6 nitrogen and oxygen atoms in total. The molecule has 1 saturated heterocycles. The number of benzene rings is 2. The van der Waals surface area contributed by atoms with Gasteiger partial charge in [-0.2, -0.15) is 9.40 Å². The number of rotatable bonds is 7. The van der Waals surface area contributed by atoms with E-state index in [1.807, 2.05) is 26.1 Å². The molecule has 1 aliphatic heterocycles. The lowest BCUT2D eigenvalue weighted by Crippen LogP contribution is -2.37. The monoisotopic (exact) mass is 442 g/mol. The molecule has 0 saturated carbocycles. The van der Waals surface area contributed by atoms with Crippen LogP contribution in [0.3, 0.4) is 0 Å². The van der Waals surface area contributed by atoms with Gasteiger partial charge in [0.15, 0.2) is 0 Å². The Morgan fingerprint density at radius 3 is 2.42 bits per heavy atom. The molecule has 2 aromatic carbocycles. The third-order valence-electron chi connectivity index (χ3n) is 6.03. The topological polar surface area (TPSA) is 68.1 Å². The van der Waals surface area contributed by atoms with E-state index in [0.717, 1.165) is 42.6 Å². The van der Waals surface area contributed by atoms with E-state index < -0.39 is 10.0 Å². The summed E-state index contributed by atoms with van der Waals surface area (Å²) >= 11 is 0. The fourth-order valence-corrected chi connectivity index (χ4v) is 6.26. The van der Waals surface area contributed by atoms with E-state index in [-0.39, 0.29) is 17.9 Å². The second-order valence-corrected chi connectivity index (χ2v) is 9.98. The van der Waals surface area contributed by atoms with E-state index in [1.165, 1.54) is 18.5 Å². The summed E-state index contributed by atoms with van der Waals surface area (Å²) in [5.74, 6) is 0.566. The minimum Gasteiger partial charge on any atom is -0.253 e. The second kappa shape index (κ2) is 8.88. The van der Waals surface area contributed by atoms with Gasteiger partial charge >= 0.3 is 0 Å². The molecule has 8 heteroatoms. The van der Waals surface area contributed by atoms with Crippen molar-refractivity contribution in [2.75, 3.05) is 0 Å². The second-order valence-electron chi connectivity index (χ2n) is 8.14. The van der Waals surface area contributed by atoms with Gasteiger partial charge in [-0.15, -0.1) is 0 Å². The van der Waals surface area contributed by atoms with Gasteiger partial charge in [-0.05, 0) is 62.4 Å². The first kappa shape index (κ1) is 21.6. The maximum absolute atomic E-state index is 13.7. The van der Waals surface area contributed by atoms with Crippen LogP contribution in [-0.4, -0.2) is 33.5 Å². The molecule has 31 heavy (non-hydrogen) atoms. The van der Waals surface area contributed by atoms with Crippen LogP contribution < -0.4 is 0 Å². The van der Waals surface area contributed by atoms with Gasteiger partial charge in [0, 0.05) is 19.5 Å². The number of sulfonamides is 1. The quantitative estimate of drug-likeness (QED) is 0.551. The smallest absolute Gasteiger partial charge is 0.243 e. The normalized spacial score (nSPS) is 19.7. The van der Waals surface area contributed by atoms with Crippen molar-refractivity contribution in [3.05, 3.63) is 77.6 Å². The van der Waals surface area contributed by atoms with Crippen LogP contribution in [0.25, 0.3) is 0 Å². The number of aromatic nitrogens is 3. The standard InChI is InChI=1S/C23H27FN4O2S/c1-17-6-13-21(14-7-17)31(29,30)28-20(4-3-5-23-25-16-26-27(23)2)12-15-22(28)18-8-10-19(24)11-9-18/h6-11,13-14,16,20,22H,3-5,12,15H2,1-2H3/t20-,22-/m0/s1. The summed E-state index contributed by atoms with van der Waals surface area (Å²) in [6.07, 6.45) is 5.30. The number of aryl methyl sites for hydroxylation is 3. The van der Waals surface area contributed by atoms with Crippen LogP contribution in [0.4, 0.5) is 4.39 Å². The Balaban J connectivity index is 1.61. The Labute approximate surface area is 182 Å². The maximum Gasteiger partial charge on any atom is 0.243 e. The molecular formula is C23H27FN4O2S. The minimum atomic E-state index is -3.70. The summed E-state index contributed by atoms with van der Waals surface area (Å²) in [6, 6.07) is 12.7. The van der Waals surface area contributed by atoms with Crippen molar-refractivity contribution in [2.24, 2.45) is 7.05 Å². The molecule has 0 aliphatic carbocycles. The van der Waals surface area contributed by atoms with E-state index >= 15 is 0 Å². The molecule has 1 fully saturated rings. The van der Waals surface area contributed by atoms with Crippen molar-refractivity contribution < 1.29 is 12.8 Å². The third-order valence-corrected chi connectivity index (χ3v) is 8.01. The average molecular weight is 443 g/mol. The summed E-state index contributed by atoms with van der Waals surface area (Å²) < 4.78 is 44.2. The first-order valence-electron chi connectivity index (χ1n) is 10.5. The molecule has 0 bridgehead atoms. The highest BCUT2D eigenvalue weighted by molar-refractivity contribution is 7.89. The van der Waals surface area contributed by atoms with E-state index in [0.29, 0.717) is 11.3 Å². The van der Waals surface area contributed by atoms with Crippen molar-refractivity contribution >= 4 is 10.0 Å². The molecule has 0 amide bonds. The summed E-state index contributed by atoms with van der Waals surface area (Å²) in [4.78, 5) is 4.56. The summed E-state index contributed by atoms with van der Waals surface area (Å²) in [6.45, 7) is 1.93. The summed E-state index contributed by atoms with van der Waals surface area (Å²) in [5, 5.41) is 4.10. The number of halogens is 1. The fraction of sp³-hybridized carbons (Fsp3) is 0.391. The SMILES string of the molecule is Cc1ccc(S(=O)(=O)N2[C@@H](CCCc3ncnn3C)CC[C@H]2c2ccc(F)cc2)cc1. The predicted octanol–water partition coefficient (Wildman–Crippen LogP) is 4.18.